The normalized spacial score (nSPS) is 21.0. The van der Waals surface area contributed by atoms with Crippen LogP contribution in [0.5, 0.6) is 0 Å². The lowest BCUT2D eigenvalue weighted by atomic mass is 10.0. The van der Waals surface area contributed by atoms with E-state index >= 15 is 0 Å². The van der Waals surface area contributed by atoms with E-state index in [9.17, 15) is 4.79 Å². The van der Waals surface area contributed by atoms with Crippen molar-refractivity contribution < 1.29 is 9.90 Å². The maximum absolute atomic E-state index is 10.9. The summed E-state index contributed by atoms with van der Waals surface area (Å²) in [5, 5.41) is 12.2. The average Bonchev–Trinajstić information content (AvgIpc) is 2.70. The molecule has 2 N–H and O–H groups in total. The Hall–Kier alpha value is -1.42. The summed E-state index contributed by atoms with van der Waals surface area (Å²) in [6.45, 7) is 0.957. The highest BCUT2D eigenvalue weighted by molar-refractivity contribution is 5.89. The number of carboxylic acid groups (broad SMARTS) is 1. The molecule has 0 spiro atoms. The number of rotatable bonds is 2. The van der Waals surface area contributed by atoms with Crippen LogP contribution in [0.15, 0.2) is 18.5 Å². The Labute approximate surface area is 82.0 Å². The maximum Gasteiger partial charge on any atom is 0.336 e. The van der Waals surface area contributed by atoms with Crippen molar-refractivity contribution in [2.75, 3.05) is 6.54 Å². The van der Waals surface area contributed by atoms with Gasteiger partial charge in [0.05, 0.1) is 5.56 Å². The number of aromatic nitrogens is 1. The Morgan fingerprint density at radius 3 is 3.14 bits per heavy atom. The zero-order valence-electron chi connectivity index (χ0n) is 7.73. The van der Waals surface area contributed by atoms with Crippen LogP contribution < -0.4 is 5.32 Å². The molecule has 0 amide bonds. The molecule has 74 valence electrons. The molecule has 2 heterocycles. The highest BCUT2D eigenvalue weighted by Crippen LogP contribution is 2.25. The molecule has 14 heavy (non-hydrogen) atoms. The fourth-order valence-corrected chi connectivity index (χ4v) is 1.83. The van der Waals surface area contributed by atoms with E-state index in [4.69, 9.17) is 5.11 Å². The van der Waals surface area contributed by atoms with Gasteiger partial charge in [-0.2, -0.15) is 0 Å². The van der Waals surface area contributed by atoms with E-state index in [2.05, 4.69) is 10.3 Å². The summed E-state index contributed by atoms with van der Waals surface area (Å²) < 4.78 is 0. The number of hydrogen-bond acceptors (Lipinski definition) is 3. The van der Waals surface area contributed by atoms with Crippen LogP contribution in [0.4, 0.5) is 0 Å². The van der Waals surface area contributed by atoms with Crippen molar-refractivity contribution in [3.05, 3.63) is 29.6 Å². The van der Waals surface area contributed by atoms with E-state index in [0.29, 0.717) is 5.56 Å². The summed E-state index contributed by atoms with van der Waals surface area (Å²) in [5.41, 5.74) is 1.16. The molecule has 1 aromatic heterocycles. The first-order valence-corrected chi connectivity index (χ1v) is 4.69. The lowest BCUT2D eigenvalue weighted by Crippen LogP contribution is -2.16. The number of carbonyl (C=O) groups is 1. The molecular weight excluding hydrogens is 180 g/mol. The summed E-state index contributed by atoms with van der Waals surface area (Å²) in [5.74, 6) is -0.879. The predicted molar refractivity (Wildman–Crippen MR) is 51.2 cm³/mol. The Balaban J connectivity index is 2.35. The van der Waals surface area contributed by atoms with Gasteiger partial charge in [-0.25, -0.2) is 4.79 Å². The minimum Gasteiger partial charge on any atom is -0.478 e. The number of aromatic carboxylic acids is 1. The van der Waals surface area contributed by atoms with Crippen molar-refractivity contribution in [3.63, 3.8) is 0 Å². The van der Waals surface area contributed by atoms with Crippen LogP contribution in [0.1, 0.15) is 34.8 Å². The Morgan fingerprint density at radius 2 is 2.50 bits per heavy atom. The van der Waals surface area contributed by atoms with Gasteiger partial charge in [-0.3, -0.25) is 4.98 Å². The van der Waals surface area contributed by atoms with Crippen molar-refractivity contribution in [3.8, 4) is 0 Å². The van der Waals surface area contributed by atoms with Crippen LogP contribution in [-0.2, 0) is 0 Å². The minimum atomic E-state index is -0.879. The standard InChI is InChI=1S/C10H12N2O2/c13-10(14)7-3-5-11-6-8(7)9-2-1-4-12-9/h3,5-6,9,12H,1-2,4H2,(H,13,14)/t9-/m0/s1. The highest BCUT2D eigenvalue weighted by atomic mass is 16.4. The minimum absolute atomic E-state index is 0.162. The summed E-state index contributed by atoms with van der Waals surface area (Å²) in [4.78, 5) is 14.9. The molecule has 4 heteroatoms. The molecule has 0 saturated carbocycles. The SMILES string of the molecule is O=C(O)c1ccncc1[C@@H]1CCCN1. The zero-order chi connectivity index (χ0) is 9.97. The summed E-state index contributed by atoms with van der Waals surface area (Å²) in [6, 6.07) is 1.72. The van der Waals surface area contributed by atoms with Gasteiger partial charge < -0.3 is 10.4 Å². The van der Waals surface area contributed by atoms with Gasteiger partial charge in [0.25, 0.3) is 0 Å². The van der Waals surface area contributed by atoms with Crippen LogP contribution in [0.2, 0.25) is 0 Å². The van der Waals surface area contributed by atoms with Crippen LogP contribution in [0.3, 0.4) is 0 Å². The van der Waals surface area contributed by atoms with Gasteiger partial charge in [-0.1, -0.05) is 0 Å². The third kappa shape index (κ3) is 1.61. The molecule has 2 rings (SSSR count). The molecule has 1 aromatic rings. The quantitative estimate of drug-likeness (QED) is 0.739. The lowest BCUT2D eigenvalue weighted by molar-refractivity contribution is 0.0695. The van der Waals surface area contributed by atoms with Gasteiger partial charge in [0.15, 0.2) is 0 Å². The molecule has 1 aliphatic heterocycles. The van der Waals surface area contributed by atoms with Gasteiger partial charge in [0.1, 0.15) is 0 Å². The lowest BCUT2D eigenvalue weighted by Gasteiger charge is -2.12. The molecular formula is C10H12N2O2. The van der Waals surface area contributed by atoms with Gasteiger partial charge in [-0.05, 0) is 25.5 Å². The number of pyridine rings is 1. The molecule has 1 fully saturated rings. The van der Waals surface area contributed by atoms with Gasteiger partial charge in [0, 0.05) is 24.0 Å². The van der Waals surface area contributed by atoms with E-state index in [1.165, 1.54) is 6.20 Å². The van der Waals surface area contributed by atoms with E-state index < -0.39 is 5.97 Å². The Kier molecular flexibility index (Phi) is 2.45. The molecule has 0 aliphatic carbocycles. The van der Waals surface area contributed by atoms with Gasteiger partial charge in [-0.15, -0.1) is 0 Å². The topological polar surface area (TPSA) is 62.2 Å². The summed E-state index contributed by atoms with van der Waals surface area (Å²) in [7, 11) is 0. The second-order valence-corrected chi connectivity index (χ2v) is 3.42. The number of hydrogen-bond donors (Lipinski definition) is 2. The second-order valence-electron chi connectivity index (χ2n) is 3.42. The molecule has 4 nitrogen and oxygen atoms in total. The largest absolute Gasteiger partial charge is 0.478 e. The number of nitrogens with one attached hydrogen (secondary N) is 1. The van der Waals surface area contributed by atoms with Crippen LogP contribution in [-0.4, -0.2) is 22.6 Å². The Morgan fingerprint density at radius 1 is 1.64 bits per heavy atom. The first-order valence-electron chi connectivity index (χ1n) is 4.69. The van der Waals surface area contributed by atoms with E-state index in [1.54, 1.807) is 12.3 Å². The van der Waals surface area contributed by atoms with Gasteiger partial charge >= 0.3 is 5.97 Å². The molecule has 0 unspecified atom stereocenters. The van der Waals surface area contributed by atoms with E-state index in [1.807, 2.05) is 0 Å². The highest BCUT2D eigenvalue weighted by Gasteiger charge is 2.21. The van der Waals surface area contributed by atoms with Gasteiger partial charge in [0.2, 0.25) is 0 Å². The predicted octanol–water partition coefficient (Wildman–Crippen LogP) is 1.20. The maximum atomic E-state index is 10.9. The van der Waals surface area contributed by atoms with Crippen molar-refractivity contribution in [2.45, 2.75) is 18.9 Å². The summed E-state index contributed by atoms with van der Waals surface area (Å²) >= 11 is 0. The first kappa shape index (κ1) is 9.15. The average molecular weight is 192 g/mol. The monoisotopic (exact) mass is 192 g/mol. The van der Waals surface area contributed by atoms with Crippen molar-refractivity contribution in [1.29, 1.82) is 0 Å². The summed E-state index contributed by atoms with van der Waals surface area (Å²) in [6.07, 6.45) is 5.25. The smallest absolute Gasteiger partial charge is 0.336 e. The van der Waals surface area contributed by atoms with Crippen LogP contribution >= 0.6 is 0 Å². The number of carboxylic acids is 1. The molecule has 1 atom stereocenters. The second kappa shape index (κ2) is 3.75. The third-order valence-corrected chi connectivity index (χ3v) is 2.52. The van der Waals surface area contributed by atoms with Crippen molar-refractivity contribution in [1.82, 2.24) is 10.3 Å². The number of nitrogens with zero attached hydrogens (tertiary/aromatic N) is 1. The van der Waals surface area contributed by atoms with Crippen molar-refractivity contribution >= 4 is 5.97 Å². The zero-order valence-corrected chi connectivity index (χ0v) is 7.73. The van der Waals surface area contributed by atoms with Crippen molar-refractivity contribution in [2.24, 2.45) is 0 Å². The van der Waals surface area contributed by atoms with E-state index in [0.717, 1.165) is 24.9 Å². The fourth-order valence-electron chi connectivity index (χ4n) is 1.83. The molecule has 0 aromatic carbocycles. The fraction of sp³-hybridized carbons (Fsp3) is 0.400. The van der Waals surface area contributed by atoms with E-state index in [-0.39, 0.29) is 6.04 Å². The van der Waals surface area contributed by atoms with Crippen LogP contribution in [0, 0.1) is 0 Å². The third-order valence-electron chi connectivity index (χ3n) is 2.52. The Bertz CT molecular complexity index is 346. The molecule has 1 saturated heterocycles. The molecule has 1 aliphatic rings. The first-order chi connectivity index (χ1) is 6.79. The molecule has 0 radical (unpaired) electrons. The molecule has 0 bridgehead atoms. The van der Waals surface area contributed by atoms with Crippen LogP contribution in [0.25, 0.3) is 0 Å².